The number of hydrogen-bond acceptors (Lipinski definition) is 3. The van der Waals surface area contributed by atoms with Crippen LogP contribution in [0.15, 0.2) is 30.3 Å². The SMILES string of the molecule is CCc1cc(CC(=O)C2Cc3ccccc3O2)n(C)n1. The molecule has 1 aromatic heterocycles. The number of aromatic nitrogens is 2. The van der Waals surface area contributed by atoms with E-state index in [-0.39, 0.29) is 11.9 Å². The molecule has 1 aliphatic heterocycles. The quantitative estimate of drug-likeness (QED) is 0.854. The Hall–Kier alpha value is -2.10. The number of ketones is 1. The van der Waals surface area contributed by atoms with Gasteiger partial charge in [-0.2, -0.15) is 5.10 Å². The maximum atomic E-state index is 12.4. The highest BCUT2D eigenvalue weighted by atomic mass is 16.5. The zero-order chi connectivity index (χ0) is 14.1. The fourth-order valence-electron chi connectivity index (χ4n) is 2.56. The van der Waals surface area contributed by atoms with Crippen LogP contribution in [0.3, 0.4) is 0 Å². The molecular formula is C16H18N2O2. The van der Waals surface area contributed by atoms with Crippen LogP contribution < -0.4 is 4.74 Å². The maximum absolute atomic E-state index is 12.4. The summed E-state index contributed by atoms with van der Waals surface area (Å²) in [5, 5.41) is 4.37. The van der Waals surface area contributed by atoms with Crippen LogP contribution in [0, 0.1) is 0 Å². The number of carbonyl (C=O) groups excluding carboxylic acids is 1. The number of nitrogens with zero attached hydrogens (tertiary/aromatic N) is 2. The Morgan fingerprint density at radius 2 is 2.25 bits per heavy atom. The van der Waals surface area contributed by atoms with Crippen LogP contribution >= 0.6 is 0 Å². The molecule has 0 amide bonds. The van der Waals surface area contributed by atoms with E-state index in [1.807, 2.05) is 37.4 Å². The van der Waals surface area contributed by atoms with Gasteiger partial charge in [-0.1, -0.05) is 25.1 Å². The molecule has 4 nitrogen and oxygen atoms in total. The zero-order valence-corrected chi connectivity index (χ0v) is 11.8. The molecule has 0 fully saturated rings. The number of fused-ring (bicyclic) bond motifs is 1. The lowest BCUT2D eigenvalue weighted by atomic mass is 10.0. The topological polar surface area (TPSA) is 44.1 Å². The van der Waals surface area contributed by atoms with Crippen LogP contribution in [-0.2, 0) is 31.1 Å². The Labute approximate surface area is 118 Å². The van der Waals surface area contributed by atoms with Crippen LogP contribution in [-0.4, -0.2) is 21.7 Å². The van der Waals surface area contributed by atoms with Gasteiger partial charge in [0.2, 0.25) is 0 Å². The van der Waals surface area contributed by atoms with Crippen molar-refractivity contribution in [2.75, 3.05) is 0 Å². The lowest BCUT2D eigenvalue weighted by molar-refractivity contribution is -0.124. The molecule has 0 radical (unpaired) electrons. The van der Waals surface area contributed by atoms with Gasteiger partial charge in [-0.3, -0.25) is 9.48 Å². The van der Waals surface area contributed by atoms with Crippen molar-refractivity contribution in [1.82, 2.24) is 9.78 Å². The fourth-order valence-corrected chi connectivity index (χ4v) is 2.56. The van der Waals surface area contributed by atoms with E-state index < -0.39 is 0 Å². The van der Waals surface area contributed by atoms with Crippen molar-refractivity contribution in [2.24, 2.45) is 7.05 Å². The molecule has 1 aromatic carbocycles. The van der Waals surface area contributed by atoms with Crippen molar-refractivity contribution in [2.45, 2.75) is 32.3 Å². The second-order valence-corrected chi connectivity index (χ2v) is 5.17. The van der Waals surface area contributed by atoms with Crippen molar-refractivity contribution in [3.8, 4) is 5.75 Å². The highest BCUT2D eigenvalue weighted by Crippen LogP contribution is 2.28. The monoisotopic (exact) mass is 270 g/mol. The van der Waals surface area contributed by atoms with Crippen molar-refractivity contribution in [3.63, 3.8) is 0 Å². The summed E-state index contributed by atoms with van der Waals surface area (Å²) >= 11 is 0. The van der Waals surface area contributed by atoms with Crippen molar-refractivity contribution in [1.29, 1.82) is 0 Å². The Morgan fingerprint density at radius 3 is 2.95 bits per heavy atom. The summed E-state index contributed by atoms with van der Waals surface area (Å²) < 4.78 is 7.53. The largest absolute Gasteiger partial charge is 0.482 e. The van der Waals surface area contributed by atoms with Crippen molar-refractivity contribution < 1.29 is 9.53 Å². The molecule has 0 saturated heterocycles. The lowest BCUT2D eigenvalue weighted by Crippen LogP contribution is -2.27. The molecule has 0 bridgehead atoms. The molecular weight excluding hydrogens is 252 g/mol. The zero-order valence-electron chi connectivity index (χ0n) is 11.8. The Bertz CT molecular complexity index is 621. The smallest absolute Gasteiger partial charge is 0.179 e. The molecule has 0 spiro atoms. The summed E-state index contributed by atoms with van der Waals surface area (Å²) in [6.07, 6.45) is 1.58. The molecule has 0 saturated carbocycles. The highest BCUT2D eigenvalue weighted by Gasteiger charge is 2.29. The van der Waals surface area contributed by atoms with E-state index in [0.29, 0.717) is 12.8 Å². The van der Waals surface area contributed by atoms with E-state index >= 15 is 0 Å². The van der Waals surface area contributed by atoms with Gasteiger partial charge >= 0.3 is 0 Å². The minimum atomic E-state index is -0.354. The van der Waals surface area contributed by atoms with Gasteiger partial charge in [0.1, 0.15) is 5.75 Å². The van der Waals surface area contributed by atoms with Crippen molar-refractivity contribution >= 4 is 5.78 Å². The molecule has 3 rings (SSSR count). The second kappa shape index (κ2) is 5.12. The summed E-state index contributed by atoms with van der Waals surface area (Å²) in [5.41, 5.74) is 3.09. The molecule has 1 aliphatic rings. The predicted molar refractivity (Wildman–Crippen MR) is 75.9 cm³/mol. The molecule has 1 atom stereocenters. The average Bonchev–Trinajstić information content (AvgIpc) is 3.02. The number of Topliss-reactive ketones (excluding diaryl/α,β-unsaturated/α-hetero) is 1. The van der Waals surface area contributed by atoms with Gasteiger partial charge in [-0.25, -0.2) is 0 Å². The van der Waals surface area contributed by atoms with E-state index in [1.165, 1.54) is 0 Å². The Morgan fingerprint density at radius 1 is 1.45 bits per heavy atom. The highest BCUT2D eigenvalue weighted by molar-refractivity contribution is 5.86. The summed E-state index contributed by atoms with van der Waals surface area (Å²) in [7, 11) is 1.88. The van der Waals surface area contributed by atoms with Gasteiger partial charge < -0.3 is 4.74 Å². The molecule has 2 aromatic rings. The van der Waals surface area contributed by atoms with Gasteiger partial charge in [-0.15, -0.1) is 0 Å². The third kappa shape index (κ3) is 2.33. The van der Waals surface area contributed by atoms with E-state index in [0.717, 1.165) is 29.1 Å². The first kappa shape index (κ1) is 12.9. The van der Waals surface area contributed by atoms with E-state index in [2.05, 4.69) is 12.0 Å². The van der Waals surface area contributed by atoms with Gasteiger partial charge in [0.25, 0.3) is 0 Å². The number of hydrogen-bond donors (Lipinski definition) is 0. The summed E-state index contributed by atoms with van der Waals surface area (Å²) in [5.74, 6) is 0.956. The average molecular weight is 270 g/mol. The Kier molecular flexibility index (Phi) is 3.30. The van der Waals surface area contributed by atoms with Gasteiger partial charge in [0.15, 0.2) is 11.9 Å². The van der Waals surface area contributed by atoms with Gasteiger partial charge in [-0.05, 0) is 24.1 Å². The lowest BCUT2D eigenvalue weighted by Gasteiger charge is -2.09. The number of ether oxygens (including phenoxy) is 1. The molecule has 0 aliphatic carbocycles. The molecule has 4 heteroatoms. The third-order valence-corrected chi connectivity index (χ3v) is 3.75. The van der Waals surface area contributed by atoms with Crippen LogP contribution in [0.25, 0.3) is 0 Å². The second-order valence-electron chi connectivity index (χ2n) is 5.17. The molecule has 1 unspecified atom stereocenters. The Balaban J connectivity index is 1.70. The van der Waals surface area contributed by atoms with Crippen LogP contribution in [0.5, 0.6) is 5.75 Å². The number of aryl methyl sites for hydroxylation is 2. The first-order valence-electron chi connectivity index (χ1n) is 6.96. The van der Waals surface area contributed by atoms with Gasteiger partial charge in [0, 0.05) is 19.2 Å². The maximum Gasteiger partial charge on any atom is 0.179 e. The first-order valence-corrected chi connectivity index (χ1v) is 6.96. The van der Waals surface area contributed by atoms with E-state index in [1.54, 1.807) is 4.68 Å². The van der Waals surface area contributed by atoms with Crippen LogP contribution in [0.2, 0.25) is 0 Å². The first-order chi connectivity index (χ1) is 9.67. The fraction of sp³-hybridized carbons (Fsp3) is 0.375. The summed E-state index contributed by atoms with van der Waals surface area (Å²) in [6, 6.07) is 9.84. The standard InChI is InChI=1S/C16H18N2O2/c1-3-12-9-13(18(2)17-12)10-14(19)16-8-11-6-4-5-7-15(11)20-16/h4-7,9,16H,3,8,10H2,1-2H3. The molecule has 0 N–H and O–H groups in total. The normalized spacial score (nSPS) is 16.8. The minimum absolute atomic E-state index is 0.117. The van der Waals surface area contributed by atoms with Crippen LogP contribution in [0.1, 0.15) is 23.9 Å². The number of para-hydroxylation sites is 1. The molecule has 104 valence electrons. The summed E-state index contributed by atoms with van der Waals surface area (Å²) in [4.78, 5) is 12.4. The summed E-state index contributed by atoms with van der Waals surface area (Å²) in [6.45, 7) is 2.06. The van der Waals surface area contributed by atoms with Gasteiger partial charge in [0.05, 0.1) is 12.1 Å². The molecule has 2 heterocycles. The third-order valence-electron chi connectivity index (χ3n) is 3.75. The van der Waals surface area contributed by atoms with E-state index in [4.69, 9.17) is 4.74 Å². The number of benzene rings is 1. The predicted octanol–water partition coefficient (Wildman–Crippen LogP) is 2.10. The number of rotatable bonds is 4. The van der Waals surface area contributed by atoms with Crippen molar-refractivity contribution in [3.05, 3.63) is 47.3 Å². The van der Waals surface area contributed by atoms with Crippen LogP contribution in [0.4, 0.5) is 0 Å². The van der Waals surface area contributed by atoms with E-state index in [9.17, 15) is 4.79 Å². The minimum Gasteiger partial charge on any atom is -0.482 e. The molecule has 20 heavy (non-hydrogen) atoms. The number of carbonyl (C=O) groups is 1.